The molecule has 7 nitrogen and oxygen atoms in total. The molecule has 7 heteroatoms. The minimum absolute atomic E-state index is 0.0986. The van der Waals surface area contributed by atoms with Crippen LogP contribution in [0.2, 0.25) is 0 Å². The normalized spacial score (nSPS) is 23.6. The number of unbranched alkanes of at least 4 members (excludes halogenated alkanes) is 1. The van der Waals surface area contributed by atoms with Gasteiger partial charge in [-0.3, -0.25) is 14.5 Å². The largest absolute Gasteiger partial charge is 0.360 e. The molecule has 3 rings (SSSR count). The van der Waals surface area contributed by atoms with E-state index in [-0.39, 0.29) is 11.8 Å². The Morgan fingerprint density at radius 3 is 2.50 bits per heavy atom. The topological polar surface area (TPSA) is 78.7 Å². The van der Waals surface area contributed by atoms with Gasteiger partial charge in [-0.05, 0) is 38.5 Å². The number of aromatic nitrogens is 1. The Morgan fingerprint density at radius 2 is 1.89 bits per heavy atom. The highest BCUT2D eigenvalue weighted by atomic mass is 16.5. The molecule has 1 aliphatic carbocycles. The van der Waals surface area contributed by atoms with Crippen LogP contribution in [0.3, 0.4) is 0 Å². The van der Waals surface area contributed by atoms with Crippen LogP contribution >= 0.6 is 0 Å². The van der Waals surface area contributed by atoms with Crippen molar-refractivity contribution in [2.24, 2.45) is 11.8 Å². The lowest BCUT2D eigenvalue weighted by Crippen LogP contribution is -2.52. The molecule has 1 aliphatic heterocycles. The summed E-state index contributed by atoms with van der Waals surface area (Å²) in [6.45, 7) is 7.25. The van der Waals surface area contributed by atoms with Crippen LogP contribution < -0.4 is 5.32 Å². The third-order valence-corrected chi connectivity index (χ3v) is 6.11. The Balaban J connectivity index is 1.36. The lowest BCUT2D eigenvalue weighted by molar-refractivity contribution is -0.138. The molecule has 0 spiro atoms. The van der Waals surface area contributed by atoms with Crippen LogP contribution in [-0.2, 0) is 9.59 Å². The number of aryl methyl sites for hydroxylation is 1. The van der Waals surface area contributed by atoms with Crippen LogP contribution in [0.1, 0.15) is 57.6 Å². The van der Waals surface area contributed by atoms with Crippen molar-refractivity contribution in [3.63, 3.8) is 0 Å². The van der Waals surface area contributed by atoms with Gasteiger partial charge in [0.2, 0.25) is 11.8 Å². The van der Waals surface area contributed by atoms with E-state index in [1.165, 1.54) is 32.1 Å². The smallest absolute Gasteiger partial charge is 0.239 e. The van der Waals surface area contributed by atoms with E-state index in [1.807, 2.05) is 4.90 Å². The van der Waals surface area contributed by atoms with E-state index in [1.54, 1.807) is 13.0 Å². The van der Waals surface area contributed by atoms with E-state index in [2.05, 4.69) is 22.3 Å². The lowest BCUT2D eigenvalue weighted by atomic mass is 9.79. The van der Waals surface area contributed by atoms with E-state index in [4.69, 9.17) is 4.52 Å². The van der Waals surface area contributed by atoms with E-state index in [9.17, 15) is 9.59 Å². The van der Waals surface area contributed by atoms with Gasteiger partial charge in [-0.15, -0.1) is 0 Å². The summed E-state index contributed by atoms with van der Waals surface area (Å²) in [5.41, 5.74) is 0. The summed E-state index contributed by atoms with van der Waals surface area (Å²) in [4.78, 5) is 29.1. The molecule has 0 atom stereocenters. The Morgan fingerprint density at radius 1 is 1.18 bits per heavy atom. The van der Waals surface area contributed by atoms with E-state index >= 15 is 0 Å². The van der Waals surface area contributed by atoms with Crippen LogP contribution in [0.5, 0.6) is 0 Å². The number of carbonyl (C=O) groups excluding carboxylic acids is 2. The van der Waals surface area contributed by atoms with E-state index in [0.29, 0.717) is 37.1 Å². The van der Waals surface area contributed by atoms with Crippen molar-refractivity contribution in [2.75, 3.05) is 38.0 Å². The lowest BCUT2D eigenvalue weighted by Gasteiger charge is -2.37. The summed E-state index contributed by atoms with van der Waals surface area (Å²) in [5, 5.41) is 6.53. The van der Waals surface area contributed by atoms with Gasteiger partial charge >= 0.3 is 0 Å². The summed E-state index contributed by atoms with van der Waals surface area (Å²) in [7, 11) is 0. The van der Waals surface area contributed by atoms with Gasteiger partial charge in [-0.2, -0.15) is 0 Å². The summed E-state index contributed by atoms with van der Waals surface area (Å²) in [6, 6.07) is 1.70. The predicted molar refractivity (Wildman–Crippen MR) is 108 cm³/mol. The number of anilines is 1. The van der Waals surface area contributed by atoms with Gasteiger partial charge in [0.25, 0.3) is 0 Å². The second-order valence-electron chi connectivity index (χ2n) is 8.33. The number of hydrogen-bond acceptors (Lipinski definition) is 5. The Labute approximate surface area is 167 Å². The zero-order chi connectivity index (χ0) is 19.9. The molecule has 0 aromatic carbocycles. The van der Waals surface area contributed by atoms with Gasteiger partial charge < -0.3 is 14.7 Å². The van der Waals surface area contributed by atoms with Gasteiger partial charge in [-0.1, -0.05) is 31.3 Å². The van der Waals surface area contributed by atoms with Gasteiger partial charge in [0, 0.05) is 38.2 Å². The molecule has 2 amide bonds. The Bertz CT molecular complexity index is 644. The molecular weight excluding hydrogens is 356 g/mol. The van der Waals surface area contributed by atoms with Crippen LogP contribution in [0.15, 0.2) is 10.6 Å². The van der Waals surface area contributed by atoms with Crippen molar-refractivity contribution < 1.29 is 14.1 Å². The highest BCUT2D eigenvalue weighted by molar-refractivity contribution is 5.91. The number of carbonyl (C=O) groups is 2. The number of piperazine rings is 1. The molecule has 0 bridgehead atoms. The quantitative estimate of drug-likeness (QED) is 0.774. The average Bonchev–Trinajstić information content (AvgIpc) is 3.11. The maximum Gasteiger partial charge on any atom is 0.239 e. The molecule has 156 valence electrons. The number of amides is 2. The highest BCUT2D eigenvalue weighted by Crippen LogP contribution is 2.33. The van der Waals surface area contributed by atoms with Crippen molar-refractivity contribution >= 4 is 17.6 Å². The van der Waals surface area contributed by atoms with Crippen LogP contribution in [0.4, 0.5) is 5.82 Å². The fraction of sp³-hybridized carbons (Fsp3) is 0.762. The fourth-order valence-electron chi connectivity index (χ4n) is 4.39. The third-order valence-electron chi connectivity index (χ3n) is 6.11. The molecule has 2 fully saturated rings. The summed E-state index contributed by atoms with van der Waals surface area (Å²) in [5.74, 6) is 2.39. The number of nitrogens with zero attached hydrogens (tertiary/aromatic N) is 3. The monoisotopic (exact) mass is 390 g/mol. The molecule has 0 unspecified atom stereocenters. The number of hydrogen-bond donors (Lipinski definition) is 1. The van der Waals surface area contributed by atoms with Gasteiger partial charge in [0.05, 0.1) is 6.54 Å². The summed E-state index contributed by atoms with van der Waals surface area (Å²) in [6.07, 6.45) is 8.41. The van der Waals surface area contributed by atoms with Gasteiger partial charge in [0.15, 0.2) is 5.82 Å². The van der Waals surface area contributed by atoms with Crippen molar-refractivity contribution in [1.29, 1.82) is 0 Å². The maximum absolute atomic E-state index is 12.9. The first-order valence-electron chi connectivity index (χ1n) is 10.8. The predicted octanol–water partition coefficient (Wildman–Crippen LogP) is 3.06. The Hall–Kier alpha value is -1.89. The Kier molecular flexibility index (Phi) is 7.48. The van der Waals surface area contributed by atoms with Crippen molar-refractivity contribution in [1.82, 2.24) is 15.0 Å². The maximum atomic E-state index is 12.9. The third kappa shape index (κ3) is 5.80. The minimum atomic E-state index is -0.0986. The van der Waals surface area contributed by atoms with Crippen molar-refractivity contribution in [3.8, 4) is 0 Å². The molecular formula is C21H34N4O3. The molecule has 1 saturated carbocycles. The highest BCUT2D eigenvalue weighted by Gasteiger charge is 2.31. The van der Waals surface area contributed by atoms with Crippen molar-refractivity contribution in [2.45, 2.75) is 58.8 Å². The van der Waals surface area contributed by atoms with E-state index < -0.39 is 0 Å². The molecule has 28 heavy (non-hydrogen) atoms. The second-order valence-corrected chi connectivity index (χ2v) is 8.33. The zero-order valence-corrected chi connectivity index (χ0v) is 17.3. The number of rotatable bonds is 7. The second kappa shape index (κ2) is 10.0. The van der Waals surface area contributed by atoms with Gasteiger partial charge in [0.1, 0.15) is 5.76 Å². The van der Waals surface area contributed by atoms with Crippen LogP contribution in [0, 0.1) is 18.8 Å². The molecule has 1 aromatic heterocycles. The molecule has 2 heterocycles. The SMILES string of the molecule is CCCCC1CCC(C(=O)N2CCN(CC(=O)Nc3cc(C)on3)CC2)CC1. The van der Waals surface area contributed by atoms with Crippen LogP contribution in [-0.4, -0.2) is 59.5 Å². The van der Waals surface area contributed by atoms with E-state index in [0.717, 1.165) is 31.8 Å². The molecule has 2 aliphatic rings. The van der Waals surface area contributed by atoms with Crippen LogP contribution in [0.25, 0.3) is 0 Å². The standard InChI is InChI=1S/C21H34N4O3/c1-3-4-5-17-6-8-18(9-7-17)21(27)25-12-10-24(11-13-25)15-20(26)22-19-14-16(2)28-23-19/h14,17-18H,3-13,15H2,1-2H3,(H,22,23,26). The zero-order valence-electron chi connectivity index (χ0n) is 17.3. The molecule has 1 N–H and O–H groups in total. The minimum Gasteiger partial charge on any atom is -0.360 e. The molecule has 1 aromatic rings. The number of nitrogens with one attached hydrogen (secondary N) is 1. The first-order valence-corrected chi connectivity index (χ1v) is 10.8. The first kappa shape index (κ1) is 20.8. The fourth-order valence-corrected chi connectivity index (χ4v) is 4.39. The molecule has 0 radical (unpaired) electrons. The molecule has 1 saturated heterocycles. The van der Waals surface area contributed by atoms with Crippen molar-refractivity contribution in [3.05, 3.63) is 11.8 Å². The average molecular weight is 391 g/mol. The summed E-state index contributed by atoms with van der Waals surface area (Å²) >= 11 is 0. The van der Waals surface area contributed by atoms with Gasteiger partial charge in [-0.25, -0.2) is 0 Å². The summed E-state index contributed by atoms with van der Waals surface area (Å²) < 4.78 is 4.96. The first-order chi connectivity index (χ1) is 13.5.